The van der Waals surface area contributed by atoms with Crippen LogP contribution in [0.15, 0.2) is 12.3 Å². The topological polar surface area (TPSA) is 19.0 Å². The lowest BCUT2D eigenvalue weighted by molar-refractivity contribution is 0.127. The fourth-order valence-corrected chi connectivity index (χ4v) is 2.93. The van der Waals surface area contributed by atoms with Crippen LogP contribution >= 0.6 is 0 Å². The molecular weight excluding hydrogens is 184 g/mol. The Kier molecular flexibility index (Phi) is 3.15. The number of aromatic amines is 1. The summed E-state index contributed by atoms with van der Waals surface area (Å²) in [4.78, 5) is 6.03. The summed E-state index contributed by atoms with van der Waals surface area (Å²) in [6.45, 7) is 8.06. The molecule has 0 unspecified atom stereocenters. The molecule has 84 valence electrons. The lowest BCUT2D eigenvalue weighted by Crippen LogP contribution is -2.41. The van der Waals surface area contributed by atoms with Gasteiger partial charge in [0.1, 0.15) is 0 Å². The van der Waals surface area contributed by atoms with Crippen LogP contribution in [0.2, 0.25) is 0 Å². The standard InChI is InChI=1S/C13H22N2/c1-4-6-13-11-7-8-14-12(11)9-10(3)15(13)5-2/h7-8,10,13-14H,4-6,9H2,1-3H3/t10-,13-/m1/s1. The Hall–Kier alpha value is -0.760. The molecule has 1 aliphatic heterocycles. The third-order valence-electron chi connectivity index (χ3n) is 3.62. The van der Waals surface area contributed by atoms with Crippen LogP contribution in [0.4, 0.5) is 0 Å². The first-order valence-corrected chi connectivity index (χ1v) is 6.19. The third-order valence-corrected chi connectivity index (χ3v) is 3.62. The average molecular weight is 206 g/mol. The largest absolute Gasteiger partial charge is 0.365 e. The molecule has 0 amide bonds. The molecule has 2 heterocycles. The lowest BCUT2D eigenvalue weighted by Gasteiger charge is -2.40. The second-order valence-corrected chi connectivity index (χ2v) is 4.60. The van der Waals surface area contributed by atoms with Crippen molar-refractivity contribution in [3.63, 3.8) is 0 Å². The third kappa shape index (κ3) is 1.83. The minimum absolute atomic E-state index is 0.644. The Balaban J connectivity index is 2.30. The molecule has 2 atom stereocenters. The zero-order valence-corrected chi connectivity index (χ0v) is 10.1. The van der Waals surface area contributed by atoms with Gasteiger partial charge in [-0.15, -0.1) is 0 Å². The fourth-order valence-electron chi connectivity index (χ4n) is 2.93. The minimum Gasteiger partial charge on any atom is -0.365 e. The van der Waals surface area contributed by atoms with Gasteiger partial charge in [-0.25, -0.2) is 0 Å². The number of hydrogen-bond donors (Lipinski definition) is 1. The number of rotatable bonds is 3. The van der Waals surface area contributed by atoms with Gasteiger partial charge in [0, 0.05) is 30.4 Å². The van der Waals surface area contributed by atoms with Gasteiger partial charge in [-0.3, -0.25) is 4.90 Å². The summed E-state index contributed by atoms with van der Waals surface area (Å²) >= 11 is 0. The number of H-pyrrole nitrogens is 1. The molecule has 1 N–H and O–H groups in total. The van der Waals surface area contributed by atoms with Gasteiger partial charge in [0.2, 0.25) is 0 Å². The van der Waals surface area contributed by atoms with E-state index in [-0.39, 0.29) is 0 Å². The number of likely N-dealkylation sites (N-methyl/N-ethyl adjacent to an activating group) is 1. The van der Waals surface area contributed by atoms with Crippen molar-refractivity contribution in [1.82, 2.24) is 9.88 Å². The van der Waals surface area contributed by atoms with Gasteiger partial charge in [0.15, 0.2) is 0 Å². The highest BCUT2D eigenvalue weighted by molar-refractivity contribution is 5.28. The second kappa shape index (κ2) is 4.40. The molecule has 0 fully saturated rings. The zero-order valence-electron chi connectivity index (χ0n) is 10.1. The maximum Gasteiger partial charge on any atom is 0.0368 e. The molecule has 0 saturated carbocycles. The molecule has 1 aliphatic rings. The summed E-state index contributed by atoms with van der Waals surface area (Å²) in [5, 5.41) is 0. The molecule has 0 aromatic carbocycles. The van der Waals surface area contributed by atoms with Crippen molar-refractivity contribution < 1.29 is 0 Å². The monoisotopic (exact) mass is 206 g/mol. The van der Waals surface area contributed by atoms with Crippen molar-refractivity contribution in [2.24, 2.45) is 0 Å². The van der Waals surface area contributed by atoms with Gasteiger partial charge < -0.3 is 4.98 Å². The molecule has 15 heavy (non-hydrogen) atoms. The Morgan fingerprint density at radius 1 is 1.47 bits per heavy atom. The summed E-state index contributed by atoms with van der Waals surface area (Å²) in [6, 6.07) is 3.59. The predicted octanol–water partition coefficient (Wildman–Crippen LogP) is 3.12. The Labute approximate surface area is 92.7 Å². The Bertz CT molecular complexity index is 316. The van der Waals surface area contributed by atoms with Crippen LogP contribution < -0.4 is 0 Å². The van der Waals surface area contributed by atoms with Crippen LogP contribution in [-0.2, 0) is 6.42 Å². The van der Waals surface area contributed by atoms with Crippen molar-refractivity contribution in [1.29, 1.82) is 0 Å². The molecule has 0 aliphatic carbocycles. The van der Waals surface area contributed by atoms with E-state index in [1.165, 1.54) is 30.5 Å². The van der Waals surface area contributed by atoms with E-state index in [1.54, 1.807) is 0 Å². The highest BCUT2D eigenvalue weighted by atomic mass is 15.2. The van der Waals surface area contributed by atoms with E-state index in [1.807, 2.05) is 0 Å². The first kappa shape index (κ1) is 10.7. The smallest absolute Gasteiger partial charge is 0.0368 e. The van der Waals surface area contributed by atoms with Gasteiger partial charge in [-0.05, 0) is 31.5 Å². The first-order chi connectivity index (χ1) is 7.27. The molecule has 1 aromatic rings. The molecule has 2 heteroatoms. The SMILES string of the molecule is CCC[C@@H]1c2cc[nH]c2C[C@@H](C)N1CC. The summed E-state index contributed by atoms with van der Waals surface area (Å²) in [5.74, 6) is 0. The van der Waals surface area contributed by atoms with Gasteiger partial charge >= 0.3 is 0 Å². The number of nitrogens with one attached hydrogen (secondary N) is 1. The number of aromatic nitrogens is 1. The van der Waals surface area contributed by atoms with E-state index in [2.05, 4.69) is 42.9 Å². The van der Waals surface area contributed by atoms with Gasteiger partial charge in [0.25, 0.3) is 0 Å². The molecular formula is C13H22N2. The molecule has 0 saturated heterocycles. The summed E-state index contributed by atoms with van der Waals surface area (Å²) in [7, 11) is 0. The summed E-state index contributed by atoms with van der Waals surface area (Å²) in [5.41, 5.74) is 3.00. The van der Waals surface area contributed by atoms with Crippen molar-refractivity contribution in [2.45, 2.75) is 52.1 Å². The Morgan fingerprint density at radius 3 is 2.93 bits per heavy atom. The van der Waals surface area contributed by atoms with Crippen LogP contribution in [0.5, 0.6) is 0 Å². The maximum atomic E-state index is 3.39. The lowest BCUT2D eigenvalue weighted by atomic mass is 9.91. The van der Waals surface area contributed by atoms with Crippen molar-refractivity contribution in [3.8, 4) is 0 Å². The fraction of sp³-hybridized carbons (Fsp3) is 0.692. The highest BCUT2D eigenvalue weighted by Gasteiger charge is 2.30. The molecule has 2 nitrogen and oxygen atoms in total. The quantitative estimate of drug-likeness (QED) is 0.805. The van der Waals surface area contributed by atoms with E-state index in [0.717, 1.165) is 6.54 Å². The van der Waals surface area contributed by atoms with E-state index in [0.29, 0.717) is 12.1 Å². The van der Waals surface area contributed by atoms with E-state index in [4.69, 9.17) is 0 Å². The molecule has 0 spiro atoms. The summed E-state index contributed by atoms with van der Waals surface area (Å²) < 4.78 is 0. The average Bonchev–Trinajstić information content (AvgIpc) is 2.66. The number of hydrogen-bond acceptors (Lipinski definition) is 1. The van der Waals surface area contributed by atoms with Crippen LogP contribution in [0, 0.1) is 0 Å². The minimum atomic E-state index is 0.644. The van der Waals surface area contributed by atoms with Crippen molar-refractivity contribution in [2.75, 3.05) is 6.54 Å². The van der Waals surface area contributed by atoms with E-state index in [9.17, 15) is 0 Å². The first-order valence-electron chi connectivity index (χ1n) is 6.19. The maximum absolute atomic E-state index is 3.39. The summed E-state index contributed by atoms with van der Waals surface area (Å²) in [6.07, 6.45) is 5.82. The molecule has 1 aromatic heterocycles. The number of nitrogens with zero attached hydrogens (tertiary/aromatic N) is 1. The molecule has 0 bridgehead atoms. The van der Waals surface area contributed by atoms with Crippen LogP contribution in [0.3, 0.4) is 0 Å². The van der Waals surface area contributed by atoms with Crippen LogP contribution in [0.25, 0.3) is 0 Å². The van der Waals surface area contributed by atoms with Crippen molar-refractivity contribution in [3.05, 3.63) is 23.5 Å². The van der Waals surface area contributed by atoms with Gasteiger partial charge in [-0.1, -0.05) is 20.3 Å². The number of fused-ring (bicyclic) bond motifs is 1. The second-order valence-electron chi connectivity index (χ2n) is 4.60. The van der Waals surface area contributed by atoms with Crippen LogP contribution in [-0.4, -0.2) is 22.5 Å². The van der Waals surface area contributed by atoms with E-state index < -0.39 is 0 Å². The van der Waals surface area contributed by atoms with Crippen molar-refractivity contribution >= 4 is 0 Å². The van der Waals surface area contributed by atoms with Gasteiger partial charge in [0.05, 0.1) is 0 Å². The van der Waals surface area contributed by atoms with E-state index >= 15 is 0 Å². The molecule has 2 rings (SSSR count). The van der Waals surface area contributed by atoms with Gasteiger partial charge in [-0.2, -0.15) is 0 Å². The Morgan fingerprint density at radius 2 is 2.27 bits per heavy atom. The normalized spacial score (nSPS) is 26.6. The predicted molar refractivity (Wildman–Crippen MR) is 64.0 cm³/mol. The molecule has 0 radical (unpaired) electrons. The van der Waals surface area contributed by atoms with Crippen LogP contribution in [0.1, 0.15) is 50.9 Å². The zero-order chi connectivity index (χ0) is 10.8. The highest BCUT2D eigenvalue weighted by Crippen LogP contribution is 2.35.